The van der Waals surface area contributed by atoms with Crippen LogP contribution in [0.25, 0.3) is 47.8 Å². The zero-order valence-corrected chi connectivity index (χ0v) is 26.3. The Hall–Kier alpha value is -5.13. The second-order valence-electron chi connectivity index (χ2n) is 12.3. The minimum Gasteiger partial charge on any atom is -0.359 e. The molecule has 0 spiro atoms. The quantitative estimate of drug-likeness (QED) is 0.218. The third-order valence-electron chi connectivity index (χ3n) is 9.30. The predicted octanol–water partition coefficient (Wildman–Crippen LogP) is 11.2. The highest BCUT2D eigenvalue weighted by Crippen LogP contribution is 2.50. The van der Waals surface area contributed by atoms with Crippen molar-refractivity contribution >= 4 is 70.5 Å². The fraction of sp³-hybridized carbons (Fsp3) is 0.125. The molecule has 3 aromatic heterocycles. The average molecular weight is 601 g/mol. The minimum atomic E-state index is -0.0739. The lowest BCUT2D eigenvalue weighted by Crippen LogP contribution is -2.23. The molecule has 0 aliphatic carbocycles. The van der Waals surface area contributed by atoms with Gasteiger partial charge in [0.1, 0.15) is 11.0 Å². The Balaban J connectivity index is 1.28. The van der Waals surface area contributed by atoms with Gasteiger partial charge in [-0.05, 0) is 73.0 Å². The molecule has 4 nitrogen and oxygen atoms in total. The van der Waals surface area contributed by atoms with Crippen molar-refractivity contribution in [3.05, 3.63) is 138 Å². The maximum Gasteiger partial charge on any atom is 0.132 e. The lowest BCUT2D eigenvalue weighted by atomic mass is 10.0. The Labute approximate surface area is 266 Å². The molecule has 45 heavy (non-hydrogen) atoms. The van der Waals surface area contributed by atoms with Gasteiger partial charge in [-0.3, -0.25) is 0 Å². The Morgan fingerprint density at radius 1 is 0.711 bits per heavy atom. The van der Waals surface area contributed by atoms with Crippen LogP contribution in [0.5, 0.6) is 0 Å². The molecule has 0 fully saturated rings. The van der Waals surface area contributed by atoms with Gasteiger partial charge in [0, 0.05) is 48.9 Å². The van der Waals surface area contributed by atoms with Crippen LogP contribution in [0.15, 0.2) is 121 Å². The van der Waals surface area contributed by atoms with Gasteiger partial charge in [0.05, 0.1) is 22.4 Å². The van der Waals surface area contributed by atoms with Crippen molar-refractivity contribution in [3.8, 4) is 5.69 Å². The van der Waals surface area contributed by atoms with Gasteiger partial charge in [-0.15, -0.1) is 11.3 Å². The maximum absolute atomic E-state index is 5.11. The molecule has 1 aliphatic heterocycles. The molecule has 1 aliphatic rings. The Bertz CT molecular complexity index is 2420. The van der Waals surface area contributed by atoms with Crippen molar-refractivity contribution in [1.82, 2.24) is 9.55 Å². The van der Waals surface area contributed by atoms with Crippen LogP contribution in [0, 0.1) is 6.92 Å². The number of hydrogen-bond acceptors (Lipinski definition) is 4. The molecular formula is C40H32N4S. The first-order chi connectivity index (χ1) is 22.1. The van der Waals surface area contributed by atoms with Crippen molar-refractivity contribution in [2.75, 3.05) is 10.2 Å². The number of nitrogens with zero attached hydrogens (tertiary/aromatic N) is 3. The Kier molecular flexibility index (Phi) is 5.81. The van der Waals surface area contributed by atoms with E-state index in [1.165, 1.54) is 54.1 Å². The van der Waals surface area contributed by atoms with Gasteiger partial charge in [-0.25, -0.2) is 4.98 Å². The highest BCUT2D eigenvalue weighted by molar-refractivity contribution is 7.25. The number of rotatable bonds is 4. The number of hydrogen-bond donors (Lipinski definition) is 1. The molecule has 0 saturated heterocycles. The standard InChI is InChI=1S/C40H32N4S/c1-24(2)32-22-21-30-37-25(3)17-19-31(38(37)45-40(30)42-32)39-41-33-14-8-10-16-35(33)44(39)27-18-20-29-28-13-7-9-15-34(28)43(36(29)23-27)26-11-5-4-6-12-26/h4-24,39,41H,1-3H3. The lowest BCUT2D eigenvalue weighted by molar-refractivity contribution is 0.831. The summed E-state index contributed by atoms with van der Waals surface area (Å²) in [6.45, 7) is 6.65. The molecule has 1 unspecified atom stereocenters. The van der Waals surface area contributed by atoms with Crippen LogP contribution < -0.4 is 10.2 Å². The van der Waals surface area contributed by atoms with Crippen LogP contribution in [0.1, 0.15) is 42.8 Å². The van der Waals surface area contributed by atoms with Crippen LogP contribution in [0.4, 0.5) is 17.1 Å². The smallest absolute Gasteiger partial charge is 0.132 e. The number of thiophene rings is 1. The number of nitrogens with one attached hydrogen (secondary N) is 1. The zero-order valence-electron chi connectivity index (χ0n) is 25.5. The van der Waals surface area contributed by atoms with Crippen molar-refractivity contribution < 1.29 is 0 Å². The molecule has 0 radical (unpaired) electrons. The van der Waals surface area contributed by atoms with Crippen LogP contribution >= 0.6 is 11.3 Å². The largest absolute Gasteiger partial charge is 0.359 e. The molecule has 0 amide bonds. The molecule has 0 bridgehead atoms. The van der Waals surface area contributed by atoms with Crippen molar-refractivity contribution in [2.24, 2.45) is 0 Å². The van der Waals surface area contributed by atoms with Crippen LogP contribution in [0.3, 0.4) is 0 Å². The van der Waals surface area contributed by atoms with Crippen molar-refractivity contribution in [3.63, 3.8) is 0 Å². The first-order valence-electron chi connectivity index (χ1n) is 15.6. The summed E-state index contributed by atoms with van der Waals surface area (Å²) in [7, 11) is 0. The summed E-state index contributed by atoms with van der Waals surface area (Å²) in [6, 6.07) is 44.1. The predicted molar refractivity (Wildman–Crippen MR) is 192 cm³/mol. The van der Waals surface area contributed by atoms with Gasteiger partial charge < -0.3 is 14.8 Å². The summed E-state index contributed by atoms with van der Waals surface area (Å²) in [5.74, 6) is 0.392. The third-order valence-corrected chi connectivity index (χ3v) is 10.4. The second kappa shape index (κ2) is 9.94. The fourth-order valence-electron chi connectivity index (χ4n) is 7.12. The van der Waals surface area contributed by atoms with Crippen molar-refractivity contribution in [2.45, 2.75) is 32.9 Å². The SMILES string of the molecule is Cc1ccc(C2Nc3ccccc3N2c2ccc3c4ccccc4n(-c4ccccc4)c3c2)c2sc3nc(C(C)C)ccc3c12. The number of aryl methyl sites for hydroxylation is 1. The molecule has 0 saturated carbocycles. The lowest BCUT2D eigenvalue weighted by Gasteiger charge is -2.28. The van der Waals surface area contributed by atoms with E-state index in [1.807, 2.05) is 11.3 Å². The van der Waals surface area contributed by atoms with Gasteiger partial charge in [-0.2, -0.15) is 0 Å². The van der Waals surface area contributed by atoms with Gasteiger partial charge in [0.15, 0.2) is 0 Å². The fourth-order valence-corrected chi connectivity index (χ4v) is 8.42. The Morgan fingerprint density at radius 2 is 1.47 bits per heavy atom. The molecule has 5 aromatic carbocycles. The van der Waals surface area contributed by atoms with Gasteiger partial charge in [0.2, 0.25) is 0 Å². The third kappa shape index (κ3) is 3.94. The maximum atomic E-state index is 5.11. The summed E-state index contributed by atoms with van der Waals surface area (Å²) in [6.07, 6.45) is -0.0739. The number of aromatic nitrogens is 2. The van der Waals surface area contributed by atoms with Gasteiger partial charge in [-0.1, -0.05) is 80.6 Å². The number of para-hydroxylation sites is 4. The number of fused-ring (bicyclic) bond motifs is 7. The van der Waals surface area contributed by atoms with Crippen LogP contribution in [-0.4, -0.2) is 9.55 Å². The van der Waals surface area contributed by atoms with E-state index in [1.54, 1.807) is 0 Å². The molecule has 5 heteroatoms. The number of pyridine rings is 1. The first-order valence-corrected chi connectivity index (χ1v) is 16.4. The van der Waals surface area contributed by atoms with E-state index >= 15 is 0 Å². The summed E-state index contributed by atoms with van der Waals surface area (Å²) in [4.78, 5) is 8.70. The topological polar surface area (TPSA) is 33.1 Å². The monoisotopic (exact) mass is 600 g/mol. The van der Waals surface area contributed by atoms with Crippen LogP contribution in [-0.2, 0) is 0 Å². The van der Waals surface area contributed by atoms with Crippen molar-refractivity contribution in [1.29, 1.82) is 0 Å². The molecular weight excluding hydrogens is 569 g/mol. The molecule has 218 valence electrons. The van der Waals surface area contributed by atoms with E-state index in [-0.39, 0.29) is 6.17 Å². The van der Waals surface area contributed by atoms with E-state index in [2.05, 4.69) is 157 Å². The van der Waals surface area contributed by atoms with E-state index in [0.29, 0.717) is 5.92 Å². The highest BCUT2D eigenvalue weighted by Gasteiger charge is 2.33. The summed E-state index contributed by atoms with van der Waals surface area (Å²) in [5, 5.41) is 8.99. The molecule has 8 aromatic rings. The molecule has 1 atom stereocenters. The minimum absolute atomic E-state index is 0.0739. The summed E-state index contributed by atoms with van der Waals surface area (Å²) < 4.78 is 3.69. The number of benzene rings is 5. The molecule has 9 rings (SSSR count). The van der Waals surface area contributed by atoms with E-state index in [9.17, 15) is 0 Å². The highest BCUT2D eigenvalue weighted by atomic mass is 32.1. The normalized spacial score (nSPS) is 14.7. The Morgan fingerprint density at radius 3 is 2.33 bits per heavy atom. The van der Waals surface area contributed by atoms with E-state index in [0.717, 1.165) is 27.6 Å². The van der Waals surface area contributed by atoms with Gasteiger partial charge >= 0.3 is 0 Å². The van der Waals surface area contributed by atoms with E-state index < -0.39 is 0 Å². The van der Waals surface area contributed by atoms with E-state index in [4.69, 9.17) is 4.98 Å². The van der Waals surface area contributed by atoms with Crippen LogP contribution in [0.2, 0.25) is 0 Å². The zero-order chi connectivity index (χ0) is 30.2. The van der Waals surface area contributed by atoms with Gasteiger partial charge in [0.25, 0.3) is 0 Å². The molecule has 4 heterocycles. The molecule has 1 N–H and O–H groups in total. The second-order valence-corrected chi connectivity index (χ2v) is 13.3. The number of anilines is 3. The average Bonchev–Trinajstić information content (AvgIpc) is 3.75. The first kappa shape index (κ1) is 26.3. The summed E-state index contributed by atoms with van der Waals surface area (Å²) in [5.41, 5.74) is 10.7. The summed E-state index contributed by atoms with van der Waals surface area (Å²) >= 11 is 1.82.